The second kappa shape index (κ2) is 4.43. The molecule has 0 bridgehead atoms. The first-order valence-corrected chi connectivity index (χ1v) is 4.80. The molecule has 0 heterocycles. The zero-order valence-electron chi connectivity index (χ0n) is 8.73. The molecular formula is C10H9ClN2O3. The van der Waals surface area contributed by atoms with Crippen molar-refractivity contribution in [3.8, 4) is 0 Å². The van der Waals surface area contributed by atoms with Gasteiger partial charge >= 0.3 is 0 Å². The second-order valence-corrected chi connectivity index (χ2v) is 4.12. The summed E-state index contributed by atoms with van der Waals surface area (Å²) in [5.74, 6) is 0. The maximum absolute atomic E-state index is 10.8. The Balaban J connectivity index is 3.44. The number of carbonyl (C=O) groups excluding carboxylic acids is 1. The molecule has 0 aromatic heterocycles. The molecule has 0 atom stereocenters. The van der Waals surface area contributed by atoms with Gasteiger partial charge in [0.1, 0.15) is 0 Å². The molecule has 1 rings (SSSR count). The zero-order chi connectivity index (χ0) is 12.3. The smallest absolute Gasteiger partial charge is 0.258 e. The first-order valence-electron chi connectivity index (χ1n) is 4.42. The summed E-state index contributed by atoms with van der Waals surface area (Å²) < 4.78 is 0. The van der Waals surface area contributed by atoms with Crippen LogP contribution in [-0.4, -0.2) is 11.0 Å². The van der Waals surface area contributed by atoms with Crippen LogP contribution in [0.4, 0.5) is 5.69 Å². The Bertz CT molecular complexity index is 479. The van der Waals surface area contributed by atoms with Crippen LogP contribution < -0.4 is 0 Å². The SMILES string of the molecule is CC(C)(N=C=O)c1ccc(Cl)cc1[N+](=O)[O-]. The number of rotatable bonds is 3. The summed E-state index contributed by atoms with van der Waals surface area (Å²) in [5.41, 5.74) is -0.823. The van der Waals surface area contributed by atoms with Gasteiger partial charge in [-0.05, 0) is 26.0 Å². The molecule has 0 aliphatic heterocycles. The molecule has 0 fully saturated rings. The minimum Gasteiger partial charge on any atom is -0.258 e. The highest BCUT2D eigenvalue weighted by Gasteiger charge is 2.28. The van der Waals surface area contributed by atoms with E-state index in [1.165, 1.54) is 24.3 Å². The minimum absolute atomic E-state index is 0.156. The van der Waals surface area contributed by atoms with Gasteiger partial charge in [0.25, 0.3) is 5.69 Å². The molecule has 0 saturated carbocycles. The third-order valence-electron chi connectivity index (χ3n) is 2.14. The van der Waals surface area contributed by atoms with Gasteiger partial charge in [0.2, 0.25) is 6.08 Å². The van der Waals surface area contributed by atoms with Crippen molar-refractivity contribution in [3.05, 3.63) is 38.9 Å². The molecule has 6 heteroatoms. The van der Waals surface area contributed by atoms with Gasteiger partial charge in [-0.15, -0.1) is 0 Å². The Labute approximate surface area is 96.9 Å². The lowest BCUT2D eigenvalue weighted by Crippen LogP contribution is -2.15. The van der Waals surface area contributed by atoms with Gasteiger partial charge in [0.05, 0.1) is 16.0 Å². The molecule has 0 unspecified atom stereocenters. The molecule has 0 aliphatic rings. The van der Waals surface area contributed by atoms with Crippen LogP contribution in [0.25, 0.3) is 0 Å². The van der Waals surface area contributed by atoms with E-state index in [-0.39, 0.29) is 10.7 Å². The highest BCUT2D eigenvalue weighted by molar-refractivity contribution is 6.30. The van der Waals surface area contributed by atoms with Crippen LogP contribution in [-0.2, 0) is 10.3 Å². The van der Waals surface area contributed by atoms with Gasteiger partial charge in [-0.2, -0.15) is 4.99 Å². The monoisotopic (exact) mass is 240 g/mol. The van der Waals surface area contributed by atoms with Crippen LogP contribution in [0.15, 0.2) is 23.2 Å². The second-order valence-electron chi connectivity index (χ2n) is 3.68. The topological polar surface area (TPSA) is 72.6 Å². The number of nitro groups is 1. The molecular weight excluding hydrogens is 232 g/mol. The standard InChI is InChI=1S/C10H9ClN2O3/c1-10(2,12-6-14)8-4-3-7(11)5-9(8)13(15)16/h3-5H,1-2H3. The van der Waals surface area contributed by atoms with Crippen LogP contribution in [0.3, 0.4) is 0 Å². The Morgan fingerprint density at radius 3 is 2.62 bits per heavy atom. The maximum Gasteiger partial charge on any atom is 0.276 e. The third kappa shape index (κ3) is 2.45. The van der Waals surface area contributed by atoms with Crippen molar-refractivity contribution in [2.24, 2.45) is 4.99 Å². The summed E-state index contributed by atoms with van der Waals surface area (Å²) >= 11 is 5.68. The molecule has 0 aliphatic carbocycles. The Morgan fingerprint density at radius 2 is 2.12 bits per heavy atom. The highest BCUT2D eigenvalue weighted by Crippen LogP contribution is 2.33. The predicted octanol–water partition coefficient (Wildman–Crippen LogP) is 2.82. The van der Waals surface area contributed by atoms with E-state index in [0.717, 1.165) is 0 Å². The molecule has 1 aromatic carbocycles. The number of nitrogens with zero attached hydrogens (tertiary/aromatic N) is 2. The fourth-order valence-electron chi connectivity index (χ4n) is 1.35. The van der Waals surface area contributed by atoms with Crippen molar-refractivity contribution < 1.29 is 9.72 Å². The quantitative estimate of drug-likeness (QED) is 0.353. The maximum atomic E-state index is 10.8. The largest absolute Gasteiger partial charge is 0.276 e. The van der Waals surface area contributed by atoms with E-state index >= 15 is 0 Å². The molecule has 0 spiro atoms. The number of halogens is 1. The molecule has 84 valence electrons. The van der Waals surface area contributed by atoms with E-state index in [2.05, 4.69) is 4.99 Å². The number of isocyanates is 1. The third-order valence-corrected chi connectivity index (χ3v) is 2.38. The lowest BCUT2D eigenvalue weighted by molar-refractivity contribution is -0.386. The summed E-state index contributed by atoms with van der Waals surface area (Å²) in [5, 5.41) is 11.1. The van der Waals surface area contributed by atoms with Gasteiger partial charge in [-0.3, -0.25) is 10.1 Å². The number of benzene rings is 1. The van der Waals surface area contributed by atoms with Gasteiger partial charge < -0.3 is 0 Å². The first kappa shape index (κ1) is 12.4. The van der Waals surface area contributed by atoms with Crippen LogP contribution >= 0.6 is 11.6 Å². The summed E-state index contributed by atoms with van der Waals surface area (Å²) in [4.78, 5) is 24.1. The first-order chi connectivity index (χ1) is 7.38. The van der Waals surface area contributed by atoms with Crippen molar-refractivity contribution in [2.75, 3.05) is 0 Å². The van der Waals surface area contributed by atoms with Crippen molar-refractivity contribution in [1.29, 1.82) is 0 Å². The molecule has 5 nitrogen and oxygen atoms in total. The fraction of sp³-hybridized carbons (Fsp3) is 0.300. The van der Waals surface area contributed by atoms with E-state index in [4.69, 9.17) is 11.6 Å². The Kier molecular flexibility index (Phi) is 3.42. The average Bonchev–Trinajstić information content (AvgIpc) is 2.16. The van der Waals surface area contributed by atoms with Gasteiger partial charge in [-0.1, -0.05) is 11.6 Å². The summed E-state index contributed by atoms with van der Waals surface area (Å²) in [6, 6.07) is 4.24. The number of nitro benzene ring substituents is 1. The van der Waals surface area contributed by atoms with Crippen molar-refractivity contribution in [3.63, 3.8) is 0 Å². The van der Waals surface area contributed by atoms with Crippen molar-refractivity contribution in [1.82, 2.24) is 0 Å². The minimum atomic E-state index is -0.991. The van der Waals surface area contributed by atoms with E-state index < -0.39 is 10.5 Å². The normalized spacial score (nSPS) is 10.7. The molecule has 16 heavy (non-hydrogen) atoms. The van der Waals surface area contributed by atoms with Gasteiger partial charge in [-0.25, -0.2) is 4.79 Å². The van der Waals surface area contributed by atoms with E-state index in [9.17, 15) is 14.9 Å². The summed E-state index contributed by atoms with van der Waals surface area (Å²) in [7, 11) is 0. The van der Waals surface area contributed by atoms with E-state index in [1.807, 2.05) is 0 Å². The molecule has 0 amide bonds. The molecule has 1 aromatic rings. The Morgan fingerprint density at radius 1 is 1.50 bits per heavy atom. The lowest BCUT2D eigenvalue weighted by Gasteiger charge is -2.17. The zero-order valence-corrected chi connectivity index (χ0v) is 9.49. The van der Waals surface area contributed by atoms with E-state index in [0.29, 0.717) is 5.56 Å². The number of hydrogen-bond acceptors (Lipinski definition) is 4. The predicted molar refractivity (Wildman–Crippen MR) is 59.3 cm³/mol. The Hall–Kier alpha value is -1.71. The summed E-state index contributed by atoms with van der Waals surface area (Å²) in [6.45, 7) is 3.18. The number of aliphatic imine (C=N–C) groups is 1. The lowest BCUT2D eigenvalue weighted by atomic mass is 9.93. The number of hydrogen-bond donors (Lipinski definition) is 0. The summed E-state index contributed by atoms with van der Waals surface area (Å²) in [6.07, 6.45) is 1.41. The van der Waals surface area contributed by atoms with E-state index in [1.54, 1.807) is 13.8 Å². The fourth-order valence-corrected chi connectivity index (χ4v) is 1.51. The van der Waals surface area contributed by atoms with Crippen molar-refractivity contribution in [2.45, 2.75) is 19.4 Å². The average molecular weight is 241 g/mol. The van der Waals surface area contributed by atoms with Gasteiger partial charge in [0.15, 0.2) is 0 Å². The highest BCUT2D eigenvalue weighted by atomic mass is 35.5. The van der Waals surface area contributed by atoms with Crippen LogP contribution in [0.5, 0.6) is 0 Å². The molecule has 0 N–H and O–H groups in total. The van der Waals surface area contributed by atoms with Gasteiger partial charge in [0, 0.05) is 11.1 Å². The van der Waals surface area contributed by atoms with Crippen LogP contribution in [0.2, 0.25) is 5.02 Å². The molecule has 0 saturated heterocycles. The van der Waals surface area contributed by atoms with Crippen molar-refractivity contribution >= 4 is 23.4 Å². The van der Waals surface area contributed by atoms with Crippen LogP contribution in [0, 0.1) is 10.1 Å². The molecule has 0 radical (unpaired) electrons. The van der Waals surface area contributed by atoms with Crippen LogP contribution in [0.1, 0.15) is 19.4 Å².